The summed E-state index contributed by atoms with van der Waals surface area (Å²) in [6.07, 6.45) is -9.49. The molecule has 0 spiro atoms. The van der Waals surface area contributed by atoms with Crippen molar-refractivity contribution in [1.82, 2.24) is 4.90 Å². The second-order valence-electron chi connectivity index (χ2n) is 7.48. The molecule has 9 heteroatoms. The van der Waals surface area contributed by atoms with E-state index in [4.69, 9.17) is 21.1 Å². The van der Waals surface area contributed by atoms with Crippen LogP contribution in [0, 0.1) is 0 Å². The molecule has 0 radical (unpaired) electrons. The maximum Gasteiger partial charge on any atom is 0.416 e. The van der Waals surface area contributed by atoms with Crippen LogP contribution in [0.3, 0.4) is 0 Å². The molecule has 1 amide bonds. The van der Waals surface area contributed by atoms with Crippen LogP contribution in [-0.4, -0.2) is 59.3 Å². The quantitative estimate of drug-likeness (QED) is 0.824. The lowest BCUT2D eigenvalue weighted by molar-refractivity contribution is -0.247. The molecular weight excluding hydrogens is 387 g/mol. The van der Waals surface area contributed by atoms with Crippen LogP contribution in [0.4, 0.5) is 18.0 Å². The molecule has 1 saturated heterocycles. The lowest BCUT2D eigenvalue weighted by atomic mass is 10.0. The Morgan fingerprint density at radius 1 is 1.33 bits per heavy atom. The normalized spacial score (nSPS) is 22.4. The van der Waals surface area contributed by atoms with Gasteiger partial charge in [-0.1, -0.05) is 23.7 Å². The molecule has 2 rings (SSSR count). The van der Waals surface area contributed by atoms with Crippen molar-refractivity contribution in [1.29, 1.82) is 0 Å². The van der Waals surface area contributed by atoms with Crippen LogP contribution in [-0.2, 0) is 15.9 Å². The van der Waals surface area contributed by atoms with Gasteiger partial charge in [0.15, 0.2) is 6.10 Å². The number of ether oxygens (including phenoxy) is 2. The molecule has 5 nitrogen and oxygen atoms in total. The number of rotatable bonds is 3. The molecule has 1 aliphatic rings. The highest BCUT2D eigenvalue weighted by Gasteiger charge is 2.48. The Morgan fingerprint density at radius 3 is 2.44 bits per heavy atom. The van der Waals surface area contributed by atoms with Crippen LogP contribution in [0.5, 0.6) is 0 Å². The summed E-state index contributed by atoms with van der Waals surface area (Å²) in [6.45, 7) is 4.43. The highest BCUT2D eigenvalue weighted by molar-refractivity contribution is 6.30. The molecule has 0 saturated carbocycles. The number of hydrogen-bond donors (Lipinski definition) is 1. The molecule has 3 atom stereocenters. The van der Waals surface area contributed by atoms with Crippen molar-refractivity contribution < 1.29 is 32.5 Å². The number of halogens is 4. The van der Waals surface area contributed by atoms with Crippen LogP contribution in [0.15, 0.2) is 24.3 Å². The van der Waals surface area contributed by atoms with E-state index in [1.165, 1.54) is 4.90 Å². The van der Waals surface area contributed by atoms with E-state index < -0.39 is 42.7 Å². The van der Waals surface area contributed by atoms with E-state index in [9.17, 15) is 23.1 Å². The van der Waals surface area contributed by atoms with Gasteiger partial charge in [0.05, 0.1) is 19.2 Å². The second-order valence-corrected chi connectivity index (χ2v) is 7.91. The fourth-order valence-electron chi connectivity index (χ4n) is 2.73. The summed E-state index contributed by atoms with van der Waals surface area (Å²) >= 11 is 5.86. The highest BCUT2D eigenvalue weighted by atomic mass is 35.5. The third-order valence-corrected chi connectivity index (χ3v) is 4.27. The number of benzene rings is 1. The third-order valence-electron chi connectivity index (χ3n) is 4.02. The van der Waals surface area contributed by atoms with Gasteiger partial charge < -0.3 is 14.6 Å². The smallest absolute Gasteiger partial charge is 0.416 e. The minimum atomic E-state index is -4.84. The third kappa shape index (κ3) is 6.26. The number of alkyl halides is 3. The number of amides is 1. The van der Waals surface area contributed by atoms with Crippen LogP contribution in [0.2, 0.25) is 5.02 Å². The second kappa shape index (κ2) is 8.24. The average molecular weight is 410 g/mol. The first-order valence-electron chi connectivity index (χ1n) is 8.47. The summed E-state index contributed by atoms with van der Waals surface area (Å²) in [5, 5.41) is 10.1. The molecular formula is C18H23ClF3NO4. The van der Waals surface area contributed by atoms with Crippen molar-refractivity contribution in [2.45, 2.75) is 57.2 Å². The zero-order valence-electron chi connectivity index (χ0n) is 15.3. The monoisotopic (exact) mass is 409 g/mol. The molecule has 152 valence electrons. The minimum Gasteiger partial charge on any atom is -0.444 e. The first-order chi connectivity index (χ1) is 12.4. The Bertz CT molecular complexity index is 645. The first kappa shape index (κ1) is 21.8. The van der Waals surface area contributed by atoms with Crippen LogP contribution >= 0.6 is 11.6 Å². The van der Waals surface area contributed by atoms with Crippen molar-refractivity contribution >= 4 is 17.7 Å². The topological polar surface area (TPSA) is 59.0 Å². The van der Waals surface area contributed by atoms with Gasteiger partial charge >= 0.3 is 12.3 Å². The summed E-state index contributed by atoms with van der Waals surface area (Å²) in [4.78, 5) is 13.7. The first-order valence-corrected chi connectivity index (χ1v) is 8.85. The number of carbonyl (C=O) groups is 1. The molecule has 0 bridgehead atoms. The van der Waals surface area contributed by atoms with Crippen molar-refractivity contribution in [3.63, 3.8) is 0 Å². The summed E-state index contributed by atoms with van der Waals surface area (Å²) < 4.78 is 49.1. The van der Waals surface area contributed by atoms with Crippen LogP contribution in [0.1, 0.15) is 26.3 Å². The predicted molar refractivity (Wildman–Crippen MR) is 93.7 cm³/mol. The molecule has 1 aromatic carbocycles. The van der Waals surface area contributed by atoms with Gasteiger partial charge in [0.2, 0.25) is 0 Å². The minimum absolute atomic E-state index is 0.153. The lowest BCUT2D eigenvalue weighted by Crippen LogP contribution is -2.59. The van der Waals surface area contributed by atoms with Gasteiger partial charge in [0.1, 0.15) is 11.7 Å². The zero-order chi connectivity index (χ0) is 20.4. The Hall–Kier alpha value is -1.51. The Morgan fingerprint density at radius 2 is 1.93 bits per heavy atom. The highest BCUT2D eigenvalue weighted by Crippen LogP contribution is 2.28. The average Bonchev–Trinajstić information content (AvgIpc) is 2.54. The van der Waals surface area contributed by atoms with Crippen molar-refractivity contribution in [2.24, 2.45) is 0 Å². The van der Waals surface area contributed by atoms with Gasteiger partial charge in [-0.25, -0.2) is 4.79 Å². The Kier molecular flexibility index (Phi) is 6.65. The van der Waals surface area contributed by atoms with Gasteiger partial charge in [-0.15, -0.1) is 0 Å². The fraction of sp³-hybridized carbons (Fsp3) is 0.611. The summed E-state index contributed by atoms with van der Waals surface area (Å²) in [7, 11) is 0. The molecule has 1 fully saturated rings. The van der Waals surface area contributed by atoms with Gasteiger partial charge in [-0.3, -0.25) is 4.90 Å². The molecule has 1 N–H and O–H groups in total. The van der Waals surface area contributed by atoms with Crippen molar-refractivity contribution in [2.75, 3.05) is 13.2 Å². The number of aliphatic hydroxyl groups excluding tert-OH is 1. The SMILES string of the molecule is CC(C)(C)OC(=O)N1C[C@H](C(O)C(F)(F)F)OC[C@@H]1Cc1ccc(Cl)cc1. The molecule has 1 unspecified atom stereocenters. The van der Waals surface area contributed by atoms with Crippen LogP contribution in [0.25, 0.3) is 0 Å². The molecule has 1 heterocycles. The fourth-order valence-corrected chi connectivity index (χ4v) is 2.85. The standard InChI is InChI=1S/C18H23ClF3NO4/c1-17(2,3)27-16(25)23-9-14(15(24)18(20,21)22)26-10-13(23)8-11-4-6-12(19)7-5-11/h4-7,13-15,24H,8-10H2,1-3H3/t13-,14+,15?/m0/s1. The number of carbonyl (C=O) groups excluding carboxylic acids is 1. The molecule has 0 aliphatic carbocycles. The van der Waals surface area contributed by atoms with E-state index in [0.717, 1.165) is 5.56 Å². The molecule has 0 aromatic heterocycles. The van der Waals surface area contributed by atoms with E-state index in [2.05, 4.69) is 0 Å². The van der Waals surface area contributed by atoms with E-state index in [1.807, 2.05) is 0 Å². The van der Waals surface area contributed by atoms with Crippen LogP contribution < -0.4 is 0 Å². The van der Waals surface area contributed by atoms with Gasteiger partial charge in [-0.2, -0.15) is 13.2 Å². The maximum atomic E-state index is 12.8. The Balaban J connectivity index is 2.19. The predicted octanol–water partition coefficient (Wildman–Crippen LogP) is 3.81. The van der Waals surface area contributed by atoms with Crippen molar-refractivity contribution in [3.8, 4) is 0 Å². The number of hydrogen-bond acceptors (Lipinski definition) is 4. The lowest BCUT2D eigenvalue weighted by Gasteiger charge is -2.41. The van der Waals surface area contributed by atoms with Gasteiger partial charge in [0.25, 0.3) is 0 Å². The van der Waals surface area contributed by atoms with E-state index in [0.29, 0.717) is 11.4 Å². The molecule has 27 heavy (non-hydrogen) atoms. The number of morpholine rings is 1. The molecule has 1 aromatic rings. The van der Waals surface area contributed by atoms with Crippen molar-refractivity contribution in [3.05, 3.63) is 34.9 Å². The van der Waals surface area contributed by atoms with E-state index >= 15 is 0 Å². The number of nitrogens with zero attached hydrogens (tertiary/aromatic N) is 1. The summed E-state index contributed by atoms with van der Waals surface area (Å²) in [5.74, 6) is 0. The van der Waals surface area contributed by atoms with Gasteiger partial charge in [0, 0.05) is 5.02 Å². The van der Waals surface area contributed by atoms with E-state index in [1.54, 1.807) is 45.0 Å². The maximum absolute atomic E-state index is 12.8. The van der Waals surface area contributed by atoms with Gasteiger partial charge in [-0.05, 0) is 44.9 Å². The summed E-state index contributed by atoms with van der Waals surface area (Å²) in [5.41, 5.74) is 0.0367. The largest absolute Gasteiger partial charge is 0.444 e. The summed E-state index contributed by atoms with van der Waals surface area (Å²) in [6, 6.07) is 6.39. The number of aliphatic hydroxyl groups is 1. The zero-order valence-corrected chi connectivity index (χ0v) is 16.0. The molecule has 1 aliphatic heterocycles. The van der Waals surface area contributed by atoms with E-state index in [-0.39, 0.29) is 6.61 Å². The Labute approximate surface area is 161 Å².